The van der Waals surface area contributed by atoms with Crippen LogP contribution in [0.25, 0.3) is 10.9 Å². The summed E-state index contributed by atoms with van der Waals surface area (Å²) in [7, 11) is 1.65. The van der Waals surface area contributed by atoms with E-state index >= 15 is 0 Å². The van der Waals surface area contributed by atoms with Crippen LogP contribution >= 0.6 is 0 Å². The zero-order valence-corrected chi connectivity index (χ0v) is 17.4. The normalized spacial score (nSPS) is 16.9. The molecule has 1 aromatic heterocycles. The Balaban J connectivity index is 1.52. The predicted molar refractivity (Wildman–Crippen MR) is 121 cm³/mol. The van der Waals surface area contributed by atoms with Crippen LogP contribution in [0.4, 0.5) is 10.1 Å². The average molecular weight is 435 g/mol. The van der Waals surface area contributed by atoms with Crippen LogP contribution < -0.4 is 11.4 Å². The lowest BCUT2D eigenvalue weighted by Crippen LogP contribution is -2.29. The first kappa shape index (κ1) is 21.4. The van der Waals surface area contributed by atoms with E-state index in [1.54, 1.807) is 36.3 Å². The molecule has 1 aliphatic heterocycles. The number of nitrogens with one attached hydrogen (secondary N) is 1. The maximum atomic E-state index is 13.5. The van der Waals surface area contributed by atoms with E-state index in [0.29, 0.717) is 35.2 Å². The average Bonchev–Trinajstić information content (AvgIpc) is 3.29. The minimum absolute atomic E-state index is 0.0563. The maximum absolute atomic E-state index is 13.5. The quantitative estimate of drug-likeness (QED) is 0.364. The number of pyridine rings is 1. The number of H-pyrrole nitrogens is 1. The smallest absolute Gasteiger partial charge is 0.258 e. The van der Waals surface area contributed by atoms with Gasteiger partial charge in [0.15, 0.2) is 0 Å². The van der Waals surface area contributed by atoms with Crippen molar-refractivity contribution in [2.75, 3.05) is 20.2 Å². The minimum Gasteiger partial charge on any atom is -0.380 e. The molecule has 8 nitrogen and oxygen atoms in total. The van der Waals surface area contributed by atoms with Gasteiger partial charge in [0.25, 0.3) is 11.5 Å². The van der Waals surface area contributed by atoms with Crippen LogP contribution in [0.2, 0.25) is 0 Å². The molecule has 1 saturated heterocycles. The first-order valence-corrected chi connectivity index (χ1v) is 10.1. The highest BCUT2D eigenvalue weighted by Crippen LogP contribution is 2.19. The number of amides is 1. The molecule has 2 aromatic carbocycles. The van der Waals surface area contributed by atoms with E-state index in [-0.39, 0.29) is 23.3 Å². The number of aromatic nitrogens is 1. The molecule has 0 radical (unpaired) electrons. The van der Waals surface area contributed by atoms with Crippen LogP contribution in [0.3, 0.4) is 0 Å². The molecule has 3 aromatic rings. The molecule has 3 N–H and O–H groups in total. The van der Waals surface area contributed by atoms with E-state index < -0.39 is 11.4 Å². The first-order valence-electron chi connectivity index (χ1n) is 10.1. The van der Waals surface area contributed by atoms with Crippen molar-refractivity contribution < 1.29 is 13.9 Å². The van der Waals surface area contributed by atoms with Crippen molar-refractivity contribution in [1.82, 2.24) is 9.88 Å². The van der Waals surface area contributed by atoms with Gasteiger partial charge in [-0.1, -0.05) is 0 Å². The number of nitrogens with zero attached hydrogens (tertiary/aromatic N) is 3. The maximum Gasteiger partial charge on any atom is 0.258 e. The highest BCUT2D eigenvalue weighted by molar-refractivity contribution is 6.38. The molecule has 0 saturated carbocycles. The first-order chi connectivity index (χ1) is 15.5. The number of likely N-dealkylation sites (tertiary alicyclic amines) is 1. The van der Waals surface area contributed by atoms with E-state index in [1.807, 2.05) is 0 Å². The summed E-state index contributed by atoms with van der Waals surface area (Å²) in [5, 5.41) is 4.17. The van der Waals surface area contributed by atoms with E-state index in [0.717, 1.165) is 6.42 Å². The van der Waals surface area contributed by atoms with Gasteiger partial charge in [-0.15, -0.1) is 0 Å². The molecule has 1 atom stereocenters. The molecule has 0 aliphatic carbocycles. The van der Waals surface area contributed by atoms with Gasteiger partial charge in [0.2, 0.25) is 0 Å². The number of hydrogen-bond acceptors (Lipinski definition) is 6. The summed E-state index contributed by atoms with van der Waals surface area (Å²) in [5.74, 6) is 5.00. The number of benzene rings is 2. The van der Waals surface area contributed by atoms with Gasteiger partial charge in [-0.2, -0.15) is 5.10 Å². The Bertz CT molecular complexity index is 1270. The summed E-state index contributed by atoms with van der Waals surface area (Å²) >= 11 is 0. The molecule has 0 spiro atoms. The second kappa shape index (κ2) is 9.11. The molecule has 4 rings (SSSR count). The van der Waals surface area contributed by atoms with Crippen molar-refractivity contribution in [3.8, 4) is 0 Å². The summed E-state index contributed by atoms with van der Waals surface area (Å²) in [4.78, 5) is 33.8. The number of ether oxygens (including phenoxy) is 1. The summed E-state index contributed by atoms with van der Waals surface area (Å²) in [6.45, 7) is 1.24. The Labute approximate surface area is 183 Å². The number of halogens is 1. The molecular formula is C23H22FN5O3. The van der Waals surface area contributed by atoms with E-state index in [1.165, 1.54) is 30.5 Å². The summed E-state index contributed by atoms with van der Waals surface area (Å²) in [6.07, 6.45) is 2.26. The largest absolute Gasteiger partial charge is 0.380 e. The highest BCUT2D eigenvalue weighted by Gasteiger charge is 2.26. The van der Waals surface area contributed by atoms with Gasteiger partial charge in [0, 0.05) is 36.7 Å². The molecule has 1 fully saturated rings. The van der Waals surface area contributed by atoms with Crippen LogP contribution in [0.1, 0.15) is 22.3 Å². The van der Waals surface area contributed by atoms with Crippen molar-refractivity contribution in [2.45, 2.75) is 12.5 Å². The molecule has 0 bridgehead atoms. The third kappa shape index (κ3) is 4.42. The Kier molecular flexibility index (Phi) is 6.09. The summed E-state index contributed by atoms with van der Waals surface area (Å²) in [6, 6.07) is 12.4. The Morgan fingerprint density at radius 3 is 2.72 bits per heavy atom. The predicted octanol–water partition coefficient (Wildman–Crippen LogP) is 2.59. The lowest BCUT2D eigenvalue weighted by atomic mass is 10.1. The second-order valence-electron chi connectivity index (χ2n) is 7.46. The van der Waals surface area contributed by atoms with E-state index in [9.17, 15) is 14.0 Å². The fourth-order valence-corrected chi connectivity index (χ4v) is 3.65. The number of aliphatic imine (C=N–C) groups is 1. The standard InChI is InChI=1S/C23H22FN5O3/c1-32-18-8-9-29(13-18)23(31)14-2-5-17(6-3-14)26-12-21(28-25)19-11-15-10-16(24)4-7-20(15)27-22(19)30/h2-7,10-12,18H,8-9,13,25H2,1H3,(H,27,30)/t18-/m0/s1. The lowest BCUT2D eigenvalue weighted by Gasteiger charge is -2.16. The summed E-state index contributed by atoms with van der Waals surface area (Å²) in [5.41, 5.74) is 1.51. The Hall–Kier alpha value is -3.85. The number of hydrogen-bond donors (Lipinski definition) is 2. The molecule has 0 unspecified atom stereocenters. The number of aromatic amines is 1. The molecule has 9 heteroatoms. The van der Waals surface area contributed by atoms with Crippen molar-refractivity contribution in [3.63, 3.8) is 0 Å². The van der Waals surface area contributed by atoms with Gasteiger partial charge in [-0.05, 0) is 55.0 Å². The number of carbonyl (C=O) groups is 1. The van der Waals surface area contributed by atoms with Crippen molar-refractivity contribution in [2.24, 2.45) is 15.9 Å². The number of rotatable bonds is 5. The van der Waals surface area contributed by atoms with Gasteiger partial charge in [0.1, 0.15) is 11.5 Å². The third-order valence-corrected chi connectivity index (χ3v) is 5.44. The van der Waals surface area contributed by atoms with Crippen molar-refractivity contribution in [1.29, 1.82) is 0 Å². The number of fused-ring (bicyclic) bond motifs is 1. The fraction of sp³-hybridized carbons (Fsp3) is 0.217. The Morgan fingerprint density at radius 1 is 1.25 bits per heavy atom. The SMILES string of the molecule is CO[C@H]1CCN(C(=O)c2ccc(N=CC(=NN)c3cc4cc(F)ccc4[nH]c3=O)cc2)C1. The van der Waals surface area contributed by atoms with Crippen LogP contribution in [-0.4, -0.2) is 54.0 Å². The van der Waals surface area contributed by atoms with Crippen LogP contribution in [0, 0.1) is 5.82 Å². The molecule has 32 heavy (non-hydrogen) atoms. The van der Waals surface area contributed by atoms with Crippen molar-refractivity contribution >= 4 is 34.4 Å². The van der Waals surface area contributed by atoms with E-state index in [4.69, 9.17) is 10.6 Å². The van der Waals surface area contributed by atoms with Gasteiger partial charge in [-0.25, -0.2) is 4.39 Å². The number of carbonyl (C=O) groups excluding carboxylic acids is 1. The number of methoxy groups -OCH3 is 1. The van der Waals surface area contributed by atoms with Crippen molar-refractivity contribution in [3.05, 3.63) is 75.8 Å². The Morgan fingerprint density at radius 2 is 2.03 bits per heavy atom. The van der Waals surface area contributed by atoms with Gasteiger partial charge in [0.05, 0.1) is 23.6 Å². The topological polar surface area (TPSA) is 113 Å². The zero-order chi connectivity index (χ0) is 22.7. The zero-order valence-electron chi connectivity index (χ0n) is 17.4. The van der Waals surface area contributed by atoms with Crippen LogP contribution in [0.5, 0.6) is 0 Å². The molecule has 164 valence electrons. The van der Waals surface area contributed by atoms with Crippen LogP contribution in [0.15, 0.2) is 63.4 Å². The molecule has 1 aliphatic rings. The van der Waals surface area contributed by atoms with E-state index in [2.05, 4.69) is 15.1 Å². The monoisotopic (exact) mass is 435 g/mol. The number of nitrogens with two attached hydrogens (primary N) is 1. The van der Waals surface area contributed by atoms with Gasteiger partial charge >= 0.3 is 0 Å². The summed E-state index contributed by atoms with van der Waals surface area (Å²) < 4.78 is 18.8. The lowest BCUT2D eigenvalue weighted by molar-refractivity contribution is 0.0724. The van der Waals surface area contributed by atoms with Crippen LogP contribution in [-0.2, 0) is 4.74 Å². The second-order valence-corrected chi connectivity index (χ2v) is 7.46. The molecular weight excluding hydrogens is 413 g/mol. The fourth-order valence-electron chi connectivity index (χ4n) is 3.65. The highest BCUT2D eigenvalue weighted by atomic mass is 19.1. The molecule has 2 heterocycles. The molecule has 1 amide bonds. The van der Waals surface area contributed by atoms with Gasteiger partial charge < -0.3 is 20.5 Å². The third-order valence-electron chi connectivity index (χ3n) is 5.44. The minimum atomic E-state index is -0.420. The van der Waals surface area contributed by atoms with Gasteiger partial charge in [-0.3, -0.25) is 14.6 Å². The number of hydrazone groups is 1.